The zero-order chi connectivity index (χ0) is 23.3. The van der Waals surface area contributed by atoms with Gasteiger partial charge in [0, 0.05) is 18.1 Å². The number of amides is 1. The first kappa shape index (κ1) is 22.9. The standard InChI is InChI=1S/C22H22N4O5S/c1-14-5-10-19(15(2)13-14)21(28)31-16(3)20(27)25-17-6-8-18(9-7-17)32(29,30)26-22-23-11-4-12-24-22/h4-13,16H,1-3H3,(H,25,27)(H,23,24,26)/t16-/m0/s1. The number of anilines is 2. The van der Waals surface area contributed by atoms with Gasteiger partial charge in [0.05, 0.1) is 10.5 Å². The van der Waals surface area contributed by atoms with Crippen LogP contribution in [0.3, 0.4) is 0 Å². The molecule has 2 aromatic carbocycles. The van der Waals surface area contributed by atoms with E-state index in [2.05, 4.69) is 20.0 Å². The molecule has 1 heterocycles. The zero-order valence-corrected chi connectivity index (χ0v) is 18.5. The Balaban J connectivity index is 1.62. The summed E-state index contributed by atoms with van der Waals surface area (Å²) in [5.41, 5.74) is 2.51. The molecule has 0 saturated carbocycles. The molecule has 9 nitrogen and oxygen atoms in total. The lowest BCUT2D eigenvalue weighted by Gasteiger charge is -2.15. The predicted octanol–water partition coefficient (Wildman–Crippen LogP) is 3.08. The Labute approximate surface area is 185 Å². The Kier molecular flexibility index (Phi) is 6.84. The normalized spacial score (nSPS) is 12.0. The minimum atomic E-state index is -3.89. The van der Waals surface area contributed by atoms with Crippen molar-refractivity contribution >= 4 is 33.5 Å². The summed E-state index contributed by atoms with van der Waals surface area (Å²) in [7, 11) is -3.89. The molecule has 1 atom stereocenters. The van der Waals surface area contributed by atoms with Crippen molar-refractivity contribution in [3.05, 3.63) is 77.6 Å². The van der Waals surface area contributed by atoms with E-state index in [1.54, 1.807) is 25.1 Å². The van der Waals surface area contributed by atoms with Gasteiger partial charge in [-0.15, -0.1) is 0 Å². The molecule has 0 radical (unpaired) electrons. The molecule has 10 heteroatoms. The number of nitrogens with zero attached hydrogens (tertiary/aromatic N) is 2. The van der Waals surface area contributed by atoms with Crippen molar-refractivity contribution in [3.63, 3.8) is 0 Å². The Morgan fingerprint density at radius 1 is 1.00 bits per heavy atom. The van der Waals surface area contributed by atoms with Crippen LogP contribution in [0.25, 0.3) is 0 Å². The Morgan fingerprint density at radius 2 is 1.66 bits per heavy atom. The first-order valence-electron chi connectivity index (χ1n) is 9.65. The van der Waals surface area contributed by atoms with Crippen LogP contribution in [0, 0.1) is 13.8 Å². The van der Waals surface area contributed by atoms with Crippen LogP contribution < -0.4 is 10.0 Å². The quantitative estimate of drug-likeness (QED) is 0.525. The van der Waals surface area contributed by atoms with Gasteiger partial charge in [0.2, 0.25) is 5.95 Å². The fourth-order valence-electron chi connectivity index (χ4n) is 2.81. The fourth-order valence-corrected chi connectivity index (χ4v) is 3.77. The highest BCUT2D eigenvalue weighted by atomic mass is 32.2. The van der Waals surface area contributed by atoms with Gasteiger partial charge in [-0.3, -0.25) is 4.79 Å². The summed E-state index contributed by atoms with van der Waals surface area (Å²) < 4.78 is 32.4. The van der Waals surface area contributed by atoms with E-state index in [9.17, 15) is 18.0 Å². The average molecular weight is 455 g/mol. The molecule has 166 valence electrons. The Hall–Kier alpha value is -3.79. The van der Waals surface area contributed by atoms with Gasteiger partial charge in [-0.2, -0.15) is 0 Å². The Morgan fingerprint density at radius 3 is 2.28 bits per heavy atom. The van der Waals surface area contributed by atoms with Crippen LogP contribution >= 0.6 is 0 Å². The van der Waals surface area contributed by atoms with Crippen LogP contribution in [0.5, 0.6) is 0 Å². The van der Waals surface area contributed by atoms with Crippen LogP contribution in [0.4, 0.5) is 11.6 Å². The highest BCUT2D eigenvalue weighted by Crippen LogP contribution is 2.17. The summed E-state index contributed by atoms with van der Waals surface area (Å²) in [6, 6.07) is 12.4. The maximum Gasteiger partial charge on any atom is 0.339 e. The summed E-state index contributed by atoms with van der Waals surface area (Å²) >= 11 is 0. The number of ether oxygens (including phenoxy) is 1. The predicted molar refractivity (Wildman–Crippen MR) is 119 cm³/mol. The third kappa shape index (κ3) is 5.67. The van der Waals surface area contributed by atoms with Gasteiger partial charge in [-0.25, -0.2) is 27.9 Å². The summed E-state index contributed by atoms with van der Waals surface area (Å²) in [5, 5.41) is 2.59. The van der Waals surface area contributed by atoms with E-state index >= 15 is 0 Å². The number of aryl methyl sites for hydroxylation is 2. The van der Waals surface area contributed by atoms with Crippen LogP contribution in [-0.4, -0.2) is 36.4 Å². The average Bonchev–Trinajstić information content (AvgIpc) is 2.74. The highest BCUT2D eigenvalue weighted by Gasteiger charge is 2.21. The summed E-state index contributed by atoms with van der Waals surface area (Å²) in [6.45, 7) is 5.17. The monoisotopic (exact) mass is 454 g/mol. The van der Waals surface area contributed by atoms with E-state index in [-0.39, 0.29) is 10.8 Å². The molecule has 32 heavy (non-hydrogen) atoms. The number of carbonyl (C=O) groups excluding carboxylic acids is 2. The van der Waals surface area contributed by atoms with Gasteiger partial charge >= 0.3 is 5.97 Å². The molecule has 3 aromatic rings. The van der Waals surface area contributed by atoms with Crippen molar-refractivity contribution in [1.29, 1.82) is 0 Å². The smallest absolute Gasteiger partial charge is 0.339 e. The molecule has 0 aliphatic carbocycles. The molecule has 0 fully saturated rings. The number of nitrogens with one attached hydrogen (secondary N) is 2. The molecular formula is C22H22N4O5S. The third-order valence-electron chi connectivity index (χ3n) is 4.48. The van der Waals surface area contributed by atoms with E-state index in [4.69, 9.17) is 4.74 Å². The van der Waals surface area contributed by atoms with Gasteiger partial charge in [0.25, 0.3) is 15.9 Å². The second-order valence-corrected chi connectivity index (χ2v) is 8.74. The number of rotatable bonds is 7. The molecule has 0 spiro atoms. The van der Waals surface area contributed by atoms with Crippen LogP contribution in [-0.2, 0) is 19.6 Å². The Bertz CT molecular complexity index is 1230. The fraction of sp³-hybridized carbons (Fsp3) is 0.182. The number of aromatic nitrogens is 2. The van der Waals surface area contributed by atoms with Crippen molar-refractivity contribution in [2.45, 2.75) is 31.8 Å². The van der Waals surface area contributed by atoms with E-state index < -0.39 is 28.0 Å². The molecular weight excluding hydrogens is 432 g/mol. The minimum Gasteiger partial charge on any atom is -0.449 e. The number of hydrogen-bond acceptors (Lipinski definition) is 7. The lowest BCUT2D eigenvalue weighted by atomic mass is 10.1. The van der Waals surface area contributed by atoms with E-state index in [1.807, 2.05) is 13.0 Å². The minimum absolute atomic E-state index is 0.0303. The third-order valence-corrected chi connectivity index (χ3v) is 5.82. The van der Waals surface area contributed by atoms with Gasteiger partial charge in [-0.1, -0.05) is 17.7 Å². The first-order valence-corrected chi connectivity index (χ1v) is 11.1. The summed E-state index contributed by atoms with van der Waals surface area (Å²) in [4.78, 5) is 32.4. The van der Waals surface area contributed by atoms with Gasteiger partial charge in [-0.05, 0) is 62.7 Å². The highest BCUT2D eigenvalue weighted by molar-refractivity contribution is 7.92. The molecule has 0 aliphatic rings. The number of sulfonamides is 1. The van der Waals surface area contributed by atoms with Crippen molar-refractivity contribution in [3.8, 4) is 0 Å². The van der Waals surface area contributed by atoms with Crippen LogP contribution in [0.2, 0.25) is 0 Å². The van der Waals surface area contributed by atoms with Crippen LogP contribution in [0.15, 0.2) is 65.8 Å². The lowest BCUT2D eigenvalue weighted by molar-refractivity contribution is -0.123. The number of carbonyl (C=O) groups is 2. The molecule has 1 aromatic heterocycles. The molecule has 3 rings (SSSR count). The van der Waals surface area contributed by atoms with Crippen molar-refractivity contribution in [1.82, 2.24) is 9.97 Å². The topological polar surface area (TPSA) is 127 Å². The maximum atomic E-state index is 12.4. The molecule has 0 bridgehead atoms. The first-order chi connectivity index (χ1) is 15.2. The zero-order valence-electron chi connectivity index (χ0n) is 17.7. The number of benzene rings is 2. The summed E-state index contributed by atoms with van der Waals surface area (Å²) in [6.07, 6.45) is 1.78. The molecule has 2 N–H and O–H groups in total. The maximum absolute atomic E-state index is 12.4. The summed E-state index contributed by atoms with van der Waals surface area (Å²) in [5.74, 6) is -1.19. The number of esters is 1. The second-order valence-electron chi connectivity index (χ2n) is 7.06. The van der Waals surface area contributed by atoms with Crippen molar-refractivity contribution in [2.24, 2.45) is 0 Å². The SMILES string of the molecule is Cc1ccc(C(=O)O[C@@H](C)C(=O)Nc2ccc(S(=O)(=O)Nc3ncccn3)cc2)c(C)c1. The van der Waals surface area contributed by atoms with Crippen molar-refractivity contribution < 1.29 is 22.7 Å². The van der Waals surface area contributed by atoms with E-state index in [0.29, 0.717) is 11.3 Å². The van der Waals surface area contributed by atoms with Crippen molar-refractivity contribution in [2.75, 3.05) is 10.0 Å². The molecule has 1 amide bonds. The largest absolute Gasteiger partial charge is 0.449 e. The van der Waals surface area contributed by atoms with E-state index in [0.717, 1.165) is 11.1 Å². The van der Waals surface area contributed by atoms with E-state index in [1.165, 1.54) is 43.6 Å². The molecule has 0 aliphatic heterocycles. The van der Waals surface area contributed by atoms with Crippen LogP contribution in [0.1, 0.15) is 28.4 Å². The lowest BCUT2D eigenvalue weighted by Crippen LogP contribution is -2.30. The molecule has 0 unspecified atom stereocenters. The second kappa shape index (κ2) is 9.56. The van der Waals surface area contributed by atoms with Gasteiger partial charge < -0.3 is 10.1 Å². The van der Waals surface area contributed by atoms with Gasteiger partial charge in [0.1, 0.15) is 0 Å². The molecule has 0 saturated heterocycles. The van der Waals surface area contributed by atoms with Gasteiger partial charge in [0.15, 0.2) is 6.10 Å². The number of hydrogen-bond donors (Lipinski definition) is 2.